The molecule has 1 fully saturated rings. The van der Waals surface area contributed by atoms with E-state index in [1.807, 2.05) is 6.26 Å². The monoisotopic (exact) mass is 407 g/mol. The number of H-pyrrole nitrogens is 1. The Balaban J connectivity index is 1.73. The van der Waals surface area contributed by atoms with Crippen molar-refractivity contribution in [3.8, 4) is 0 Å². The Morgan fingerprint density at radius 2 is 2.04 bits per heavy atom. The molecule has 27 heavy (non-hydrogen) atoms. The number of thioether (sulfide) groups is 1. The van der Waals surface area contributed by atoms with E-state index in [4.69, 9.17) is 4.74 Å². The summed E-state index contributed by atoms with van der Waals surface area (Å²) in [4.78, 5) is 32.2. The first-order chi connectivity index (χ1) is 12.7. The molecule has 6 nitrogen and oxygen atoms in total. The molecular formula is C17H24F3N3O3S. The minimum absolute atomic E-state index is 0.0666. The van der Waals surface area contributed by atoms with Crippen molar-refractivity contribution in [2.75, 3.05) is 32.5 Å². The molecular weight excluding hydrogens is 383 g/mol. The molecule has 0 bridgehead atoms. The maximum Gasteiger partial charge on any atom is 0.401 e. The van der Waals surface area contributed by atoms with Gasteiger partial charge in [0, 0.05) is 17.7 Å². The molecule has 0 radical (unpaired) electrons. The van der Waals surface area contributed by atoms with Crippen LogP contribution >= 0.6 is 11.8 Å². The van der Waals surface area contributed by atoms with Gasteiger partial charge in [-0.25, -0.2) is 4.98 Å². The molecule has 1 aliphatic rings. The van der Waals surface area contributed by atoms with Crippen molar-refractivity contribution in [3.05, 3.63) is 21.6 Å². The van der Waals surface area contributed by atoms with E-state index in [2.05, 4.69) is 9.97 Å². The van der Waals surface area contributed by atoms with Gasteiger partial charge >= 0.3 is 12.1 Å². The maximum atomic E-state index is 12.4. The molecule has 0 aliphatic carbocycles. The predicted octanol–water partition coefficient (Wildman–Crippen LogP) is 2.55. The van der Waals surface area contributed by atoms with E-state index in [1.54, 1.807) is 6.92 Å². The Morgan fingerprint density at radius 3 is 2.59 bits per heavy atom. The van der Waals surface area contributed by atoms with Crippen LogP contribution in [0.5, 0.6) is 0 Å². The molecule has 152 valence electrons. The van der Waals surface area contributed by atoms with Gasteiger partial charge in [-0.3, -0.25) is 14.5 Å². The van der Waals surface area contributed by atoms with Crippen molar-refractivity contribution in [2.24, 2.45) is 5.92 Å². The lowest BCUT2D eigenvalue weighted by molar-refractivity contribution is -0.150. The fourth-order valence-corrected chi connectivity index (χ4v) is 3.47. The van der Waals surface area contributed by atoms with Gasteiger partial charge < -0.3 is 9.72 Å². The second-order valence-corrected chi connectivity index (χ2v) is 7.45. The van der Waals surface area contributed by atoms with Crippen LogP contribution in [0.2, 0.25) is 0 Å². The molecule has 0 atom stereocenters. The number of ether oxygens (including phenoxy) is 1. The standard InChI is InChI=1S/C17H24F3N3O3S/c1-11-13(15(25)22-16(21-11)27-2)3-4-14(24)26-9-12-5-7-23(8-6-12)10-17(18,19)20/h12H,3-10H2,1-2H3,(H,21,22,25). The number of nitrogens with zero attached hydrogens (tertiary/aromatic N) is 2. The fraction of sp³-hybridized carbons (Fsp3) is 0.706. The zero-order valence-electron chi connectivity index (χ0n) is 15.4. The maximum absolute atomic E-state index is 12.4. The largest absolute Gasteiger partial charge is 0.465 e. The van der Waals surface area contributed by atoms with E-state index >= 15 is 0 Å². The van der Waals surface area contributed by atoms with Gasteiger partial charge in [0.15, 0.2) is 5.16 Å². The molecule has 10 heteroatoms. The van der Waals surface area contributed by atoms with Crippen molar-refractivity contribution in [1.29, 1.82) is 0 Å². The number of rotatable bonds is 7. The third kappa shape index (κ3) is 7.17. The summed E-state index contributed by atoms with van der Waals surface area (Å²) in [6, 6.07) is 0. The Morgan fingerprint density at radius 1 is 1.37 bits per heavy atom. The number of esters is 1. The zero-order chi connectivity index (χ0) is 20.0. The highest BCUT2D eigenvalue weighted by Crippen LogP contribution is 2.22. The van der Waals surface area contributed by atoms with Gasteiger partial charge in [-0.1, -0.05) is 11.8 Å². The number of aromatic amines is 1. The number of halogens is 3. The molecule has 0 unspecified atom stereocenters. The number of hydrogen-bond acceptors (Lipinski definition) is 6. The zero-order valence-corrected chi connectivity index (χ0v) is 16.2. The number of aromatic nitrogens is 2. The van der Waals surface area contributed by atoms with Crippen LogP contribution in [0.25, 0.3) is 0 Å². The van der Waals surface area contributed by atoms with Gasteiger partial charge in [0.25, 0.3) is 5.56 Å². The van der Waals surface area contributed by atoms with Gasteiger partial charge in [0.2, 0.25) is 0 Å². The number of piperidine rings is 1. The van der Waals surface area contributed by atoms with E-state index < -0.39 is 18.7 Å². The second-order valence-electron chi connectivity index (χ2n) is 6.66. The van der Waals surface area contributed by atoms with E-state index in [0.29, 0.717) is 42.3 Å². The van der Waals surface area contributed by atoms with Gasteiger partial charge in [-0.2, -0.15) is 13.2 Å². The highest BCUT2D eigenvalue weighted by Gasteiger charge is 2.32. The molecule has 2 rings (SSSR count). The molecule has 0 aromatic carbocycles. The van der Waals surface area contributed by atoms with Crippen molar-refractivity contribution in [2.45, 2.75) is 43.9 Å². The van der Waals surface area contributed by atoms with Crippen LogP contribution in [0.15, 0.2) is 9.95 Å². The summed E-state index contributed by atoms with van der Waals surface area (Å²) in [6.07, 6.45) is -0.923. The lowest BCUT2D eigenvalue weighted by Crippen LogP contribution is -2.40. The van der Waals surface area contributed by atoms with Gasteiger partial charge in [-0.15, -0.1) is 0 Å². The Bertz CT molecular complexity index is 701. The van der Waals surface area contributed by atoms with Gasteiger partial charge in [0.05, 0.1) is 13.2 Å². The number of likely N-dealkylation sites (tertiary alicyclic amines) is 1. The molecule has 1 saturated heterocycles. The molecule has 1 aromatic heterocycles. The SMILES string of the molecule is CSc1nc(C)c(CCC(=O)OCC2CCN(CC(F)(F)F)CC2)c(=O)[nH]1. The van der Waals surface area contributed by atoms with E-state index in [-0.39, 0.29) is 30.9 Å². The Kier molecular flexibility index (Phi) is 7.72. The highest BCUT2D eigenvalue weighted by atomic mass is 32.2. The average Bonchev–Trinajstić information content (AvgIpc) is 2.59. The normalized spacial score (nSPS) is 16.5. The van der Waals surface area contributed by atoms with Crippen molar-refractivity contribution >= 4 is 17.7 Å². The number of hydrogen-bond donors (Lipinski definition) is 1. The molecule has 1 N–H and O–H groups in total. The van der Waals surface area contributed by atoms with Crippen molar-refractivity contribution in [1.82, 2.24) is 14.9 Å². The molecule has 0 spiro atoms. The molecule has 1 aliphatic heterocycles. The summed E-state index contributed by atoms with van der Waals surface area (Å²) in [7, 11) is 0. The van der Waals surface area contributed by atoms with Crippen molar-refractivity contribution in [3.63, 3.8) is 0 Å². The van der Waals surface area contributed by atoms with E-state index in [9.17, 15) is 22.8 Å². The molecule has 2 heterocycles. The van der Waals surface area contributed by atoms with Crippen molar-refractivity contribution < 1.29 is 22.7 Å². The lowest BCUT2D eigenvalue weighted by atomic mass is 9.98. The number of nitrogens with one attached hydrogen (secondary N) is 1. The first kappa shape index (κ1) is 21.7. The highest BCUT2D eigenvalue weighted by molar-refractivity contribution is 7.98. The van der Waals surface area contributed by atoms with Crippen LogP contribution in [0.4, 0.5) is 13.2 Å². The summed E-state index contributed by atoms with van der Waals surface area (Å²) in [5, 5.41) is 0.528. The fourth-order valence-electron chi connectivity index (χ4n) is 3.05. The quantitative estimate of drug-likeness (QED) is 0.425. The first-order valence-corrected chi connectivity index (χ1v) is 9.99. The van der Waals surface area contributed by atoms with Crippen LogP contribution in [0.1, 0.15) is 30.5 Å². The van der Waals surface area contributed by atoms with Crippen LogP contribution in [-0.4, -0.2) is 59.5 Å². The number of alkyl halides is 3. The average molecular weight is 407 g/mol. The Hall–Kier alpha value is -1.55. The van der Waals surface area contributed by atoms with Gasteiger partial charge in [-0.05, 0) is 51.4 Å². The van der Waals surface area contributed by atoms with Crippen LogP contribution in [0.3, 0.4) is 0 Å². The number of carbonyl (C=O) groups excluding carboxylic acids is 1. The smallest absolute Gasteiger partial charge is 0.401 e. The van der Waals surface area contributed by atoms with Crippen LogP contribution in [0, 0.1) is 12.8 Å². The third-order valence-electron chi connectivity index (χ3n) is 4.56. The predicted molar refractivity (Wildman–Crippen MR) is 95.9 cm³/mol. The minimum Gasteiger partial charge on any atom is -0.465 e. The first-order valence-electron chi connectivity index (χ1n) is 8.76. The minimum atomic E-state index is -4.18. The number of aryl methyl sites for hydroxylation is 1. The number of carbonyl (C=O) groups is 1. The topological polar surface area (TPSA) is 75.3 Å². The van der Waals surface area contributed by atoms with Crippen LogP contribution in [-0.2, 0) is 16.0 Å². The van der Waals surface area contributed by atoms with Gasteiger partial charge in [0.1, 0.15) is 0 Å². The summed E-state index contributed by atoms with van der Waals surface area (Å²) < 4.78 is 42.4. The second kappa shape index (κ2) is 9.59. The third-order valence-corrected chi connectivity index (χ3v) is 5.14. The summed E-state index contributed by atoms with van der Waals surface area (Å²) in [5.74, 6) is -0.341. The molecule has 0 saturated carbocycles. The van der Waals surface area contributed by atoms with E-state index in [1.165, 1.54) is 16.7 Å². The summed E-state index contributed by atoms with van der Waals surface area (Å²) in [5.41, 5.74) is 0.801. The molecule has 1 aromatic rings. The summed E-state index contributed by atoms with van der Waals surface area (Å²) in [6.45, 7) is 1.74. The van der Waals surface area contributed by atoms with Crippen LogP contribution < -0.4 is 5.56 Å². The van der Waals surface area contributed by atoms with E-state index in [0.717, 1.165) is 0 Å². The Labute approximate surface area is 159 Å². The lowest BCUT2D eigenvalue weighted by Gasteiger charge is -2.31. The summed E-state index contributed by atoms with van der Waals surface area (Å²) >= 11 is 1.33. The molecule has 0 amide bonds.